The van der Waals surface area contributed by atoms with Crippen LogP contribution in [0.15, 0.2) is 106 Å². The van der Waals surface area contributed by atoms with E-state index in [9.17, 15) is 0 Å². The Kier molecular flexibility index (Phi) is 12.8. The normalized spacial score (nSPS) is 12.1. The summed E-state index contributed by atoms with van der Waals surface area (Å²) in [4.78, 5) is 0. The predicted octanol–water partition coefficient (Wildman–Crippen LogP) is 8.90. The van der Waals surface area contributed by atoms with Gasteiger partial charge in [-0.1, -0.05) is 104 Å². The minimum absolute atomic E-state index is 0.0314. The highest BCUT2D eigenvalue weighted by Gasteiger charge is 2.16. The quantitative estimate of drug-likeness (QED) is 0.192. The largest absolute Gasteiger partial charge is 0.367 e. The van der Waals surface area contributed by atoms with Crippen molar-refractivity contribution >= 4 is 55.1 Å². The maximum Gasteiger partial charge on any atom is 0.134 e. The molecule has 8 heteroatoms. The zero-order valence-electron chi connectivity index (χ0n) is 20.4. The van der Waals surface area contributed by atoms with Crippen molar-refractivity contribution in [3.05, 3.63) is 138 Å². The summed E-state index contributed by atoms with van der Waals surface area (Å²) in [7, 11) is 0. The lowest BCUT2D eigenvalue weighted by Crippen LogP contribution is -2.13. The van der Waals surface area contributed by atoms with Crippen LogP contribution in [0.5, 0.6) is 0 Å². The maximum atomic E-state index is 8.71. The molecule has 0 radical (unpaired) electrons. The molecule has 0 spiro atoms. The van der Waals surface area contributed by atoms with Gasteiger partial charge in [-0.05, 0) is 70.8 Å². The Bertz CT molecular complexity index is 1270. The van der Waals surface area contributed by atoms with Crippen LogP contribution in [0.2, 0.25) is 10.0 Å². The molecule has 0 bridgehead atoms. The van der Waals surface area contributed by atoms with Gasteiger partial charge in [-0.3, -0.25) is 0 Å². The highest BCUT2D eigenvalue weighted by atomic mass is 79.9. The molecule has 4 aromatic carbocycles. The number of hydrogen-bond acceptors (Lipinski definition) is 4. The van der Waals surface area contributed by atoms with E-state index < -0.39 is 0 Å². The molecule has 0 saturated carbocycles. The lowest BCUT2D eigenvalue weighted by atomic mass is 10.0. The van der Waals surface area contributed by atoms with Gasteiger partial charge in [-0.25, -0.2) is 0 Å². The van der Waals surface area contributed by atoms with Gasteiger partial charge in [0.1, 0.15) is 18.8 Å². The Hall–Kier alpha value is -2.21. The molecule has 0 saturated heterocycles. The Labute approximate surface area is 250 Å². The predicted molar refractivity (Wildman–Crippen MR) is 161 cm³/mol. The molecule has 0 aromatic heterocycles. The standard InChI is InChI=1S/C15H15BrClNO.C15H11BrClNO/c2*16-13-5-1-3-11(9-13)15(19-8-7-18)12-4-2-6-14(17)10-12/h1-6,9-10,15H,7-8,18H2;1-6,9-10,15H,8H2. The summed E-state index contributed by atoms with van der Waals surface area (Å²) in [6, 6.07) is 33.1. The summed E-state index contributed by atoms with van der Waals surface area (Å²) in [5, 5.41) is 10.1. The molecule has 0 amide bonds. The molecule has 196 valence electrons. The van der Waals surface area contributed by atoms with E-state index >= 15 is 0 Å². The fourth-order valence-corrected chi connectivity index (χ4v) is 4.99. The summed E-state index contributed by atoms with van der Waals surface area (Å²) < 4.78 is 13.5. The lowest BCUT2D eigenvalue weighted by Gasteiger charge is -2.19. The van der Waals surface area contributed by atoms with E-state index in [1.165, 1.54) is 0 Å². The first-order chi connectivity index (χ1) is 18.4. The zero-order valence-corrected chi connectivity index (χ0v) is 25.1. The molecule has 0 aliphatic rings. The summed E-state index contributed by atoms with van der Waals surface area (Å²) in [6.07, 6.45) is -0.449. The molecule has 2 atom stereocenters. The first kappa shape index (κ1) is 30.3. The summed E-state index contributed by atoms with van der Waals surface area (Å²) >= 11 is 19.0. The summed E-state index contributed by atoms with van der Waals surface area (Å²) in [6.45, 7) is 1.03. The highest BCUT2D eigenvalue weighted by Crippen LogP contribution is 2.30. The number of ether oxygens (including phenoxy) is 2. The van der Waals surface area contributed by atoms with Crippen LogP contribution in [0.3, 0.4) is 0 Å². The number of halogens is 4. The van der Waals surface area contributed by atoms with Crippen LogP contribution >= 0.6 is 55.1 Å². The minimum atomic E-state index is -0.296. The third kappa shape index (κ3) is 9.52. The van der Waals surface area contributed by atoms with Crippen LogP contribution in [-0.4, -0.2) is 19.8 Å². The number of rotatable bonds is 9. The average Bonchev–Trinajstić information content (AvgIpc) is 2.90. The second kappa shape index (κ2) is 16.0. The third-order valence-corrected chi connectivity index (χ3v) is 6.78. The Morgan fingerprint density at radius 3 is 1.50 bits per heavy atom. The van der Waals surface area contributed by atoms with E-state index in [0.717, 1.165) is 31.2 Å². The number of nitrogens with zero attached hydrogens (tertiary/aromatic N) is 1. The zero-order chi connectivity index (χ0) is 27.3. The number of hydrogen-bond donors (Lipinski definition) is 1. The summed E-state index contributed by atoms with van der Waals surface area (Å²) in [5.41, 5.74) is 9.54. The fraction of sp³-hybridized carbons (Fsp3) is 0.167. The second-order valence-electron chi connectivity index (χ2n) is 8.11. The van der Waals surface area contributed by atoms with Gasteiger partial charge in [0.2, 0.25) is 0 Å². The molecule has 0 aliphatic heterocycles. The monoisotopic (exact) mass is 674 g/mol. The second-order valence-corrected chi connectivity index (χ2v) is 10.8. The topological polar surface area (TPSA) is 68.3 Å². The number of benzene rings is 4. The number of nitriles is 1. The van der Waals surface area contributed by atoms with Gasteiger partial charge in [0.15, 0.2) is 0 Å². The van der Waals surface area contributed by atoms with Crippen LogP contribution in [0.25, 0.3) is 0 Å². The number of nitrogens with two attached hydrogens (primary N) is 1. The molecular weight excluding hydrogens is 651 g/mol. The van der Waals surface area contributed by atoms with E-state index in [0.29, 0.717) is 23.2 Å². The molecule has 2 unspecified atom stereocenters. The van der Waals surface area contributed by atoms with Crippen molar-refractivity contribution in [1.82, 2.24) is 0 Å². The average molecular weight is 677 g/mol. The van der Waals surface area contributed by atoms with E-state index in [1.54, 1.807) is 0 Å². The third-order valence-electron chi connectivity index (χ3n) is 5.32. The van der Waals surface area contributed by atoms with E-state index in [4.69, 9.17) is 43.7 Å². The van der Waals surface area contributed by atoms with Gasteiger partial charge < -0.3 is 15.2 Å². The maximum absolute atomic E-state index is 8.71. The molecule has 2 N–H and O–H groups in total. The molecular formula is C30H26Br2Cl2N2O2. The molecule has 4 aromatic rings. The Morgan fingerprint density at radius 1 is 0.684 bits per heavy atom. The fourth-order valence-electron chi connectivity index (χ4n) is 3.76. The van der Waals surface area contributed by atoms with E-state index in [2.05, 4.69) is 31.9 Å². The molecule has 38 heavy (non-hydrogen) atoms. The lowest BCUT2D eigenvalue weighted by molar-refractivity contribution is 0.0864. The van der Waals surface area contributed by atoms with Crippen LogP contribution < -0.4 is 5.73 Å². The first-order valence-electron chi connectivity index (χ1n) is 11.7. The van der Waals surface area contributed by atoms with Gasteiger partial charge in [-0.15, -0.1) is 0 Å². The van der Waals surface area contributed by atoms with Crippen LogP contribution in [0.4, 0.5) is 0 Å². The van der Waals surface area contributed by atoms with Crippen molar-refractivity contribution in [2.24, 2.45) is 5.73 Å². The SMILES string of the molecule is N#CCOC(c1cccc(Cl)c1)c1cccc(Br)c1.NCCOC(c1cccc(Cl)c1)c1cccc(Br)c1. The van der Waals surface area contributed by atoms with Crippen molar-refractivity contribution in [2.75, 3.05) is 19.8 Å². The van der Waals surface area contributed by atoms with Crippen LogP contribution in [0.1, 0.15) is 34.5 Å². The van der Waals surface area contributed by atoms with Crippen molar-refractivity contribution in [3.63, 3.8) is 0 Å². The Balaban J connectivity index is 0.000000211. The molecule has 4 nitrogen and oxygen atoms in total. The molecule has 0 fully saturated rings. The van der Waals surface area contributed by atoms with Gasteiger partial charge in [0.05, 0.1) is 12.7 Å². The molecule has 4 rings (SSSR count). The van der Waals surface area contributed by atoms with Crippen molar-refractivity contribution in [2.45, 2.75) is 12.2 Å². The van der Waals surface area contributed by atoms with Gasteiger partial charge >= 0.3 is 0 Å². The van der Waals surface area contributed by atoms with Gasteiger partial charge in [-0.2, -0.15) is 5.26 Å². The summed E-state index contributed by atoms with van der Waals surface area (Å²) in [5.74, 6) is 0. The van der Waals surface area contributed by atoms with Crippen molar-refractivity contribution in [3.8, 4) is 6.07 Å². The highest BCUT2D eigenvalue weighted by molar-refractivity contribution is 9.10. The molecule has 0 aliphatic carbocycles. The smallest absolute Gasteiger partial charge is 0.134 e. The molecule has 0 heterocycles. The van der Waals surface area contributed by atoms with E-state index in [-0.39, 0.29) is 18.8 Å². The van der Waals surface area contributed by atoms with Crippen molar-refractivity contribution < 1.29 is 9.47 Å². The minimum Gasteiger partial charge on any atom is -0.367 e. The first-order valence-corrected chi connectivity index (χ1v) is 14.1. The Morgan fingerprint density at radius 2 is 1.11 bits per heavy atom. The van der Waals surface area contributed by atoms with Crippen molar-refractivity contribution in [1.29, 1.82) is 5.26 Å². The van der Waals surface area contributed by atoms with Crippen LogP contribution in [0, 0.1) is 11.3 Å². The van der Waals surface area contributed by atoms with Crippen LogP contribution in [-0.2, 0) is 9.47 Å². The van der Waals surface area contributed by atoms with E-state index in [1.807, 2.05) is 103 Å². The van der Waals surface area contributed by atoms with Gasteiger partial charge in [0.25, 0.3) is 0 Å². The van der Waals surface area contributed by atoms with Gasteiger partial charge in [0, 0.05) is 25.5 Å².